The van der Waals surface area contributed by atoms with Crippen molar-refractivity contribution in [2.24, 2.45) is 0 Å². The summed E-state index contributed by atoms with van der Waals surface area (Å²) in [5, 5.41) is 2.88. The second kappa shape index (κ2) is 12.6. The lowest BCUT2D eigenvalue weighted by Crippen LogP contribution is -2.41. The van der Waals surface area contributed by atoms with Crippen LogP contribution in [0.5, 0.6) is 11.5 Å². The molecule has 0 aliphatic carbocycles. The summed E-state index contributed by atoms with van der Waals surface area (Å²) in [7, 11) is -1.04. The number of anilines is 1. The van der Waals surface area contributed by atoms with Crippen molar-refractivity contribution >= 4 is 21.6 Å². The van der Waals surface area contributed by atoms with Crippen LogP contribution >= 0.6 is 0 Å². The topological polar surface area (TPSA) is 88.2 Å². The van der Waals surface area contributed by atoms with Crippen molar-refractivity contribution in [3.8, 4) is 11.5 Å². The number of nitrogens with one attached hydrogen (secondary N) is 1. The van der Waals surface area contributed by atoms with Crippen molar-refractivity contribution < 1.29 is 22.7 Å². The summed E-state index contributed by atoms with van der Waals surface area (Å²) >= 11 is 0. The highest BCUT2D eigenvalue weighted by atomic mass is 32.2. The van der Waals surface area contributed by atoms with Gasteiger partial charge in [0.15, 0.2) is 0 Å². The molecule has 3 rings (SSSR count). The summed E-state index contributed by atoms with van der Waals surface area (Å²) in [6.45, 7) is 3.29. The van der Waals surface area contributed by atoms with Gasteiger partial charge < -0.3 is 19.7 Å². The third-order valence-electron chi connectivity index (χ3n) is 5.96. The fourth-order valence-corrected chi connectivity index (χ4v) is 5.52. The molecule has 0 spiro atoms. The third kappa shape index (κ3) is 6.87. The molecular formula is C25H35N3O5S. The number of hydrogen-bond acceptors (Lipinski definition) is 6. The molecule has 2 aromatic carbocycles. The second-order valence-corrected chi connectivity index (χ2v) is 10.2. The van der Waals surface area contributed by atoms with E-state index in [9.17, 15) is 13.2 Å². The van der Waals surface area contributed by atoms with Gasteiger partial charge in [0.1, 0.15) is 18.0 Å². The van der Waals surface area contributed by atoms with E-state index in [2.05, 4.69) is 10.2 Å². The molecule has 0 aromatic heterocycles. The molecular weight excluding hydrogens is 454 g/mol. The Hall–Kier alpha value is -2.78. The number of nitrogens with zero attached hydrogens (tertiary/aromatic N) is 2. The maximum absolute atomic E-state index is 13.5. The molecule has 1 saturated heterocycles. The minimum Gasteiger partial charge on any atom is -0.497 e. The molecule has 1 fully saturated rings. The normalized spacial score (nSPS) is 14.8. The molecule has 1 amide bonds. The number of rotatable bonds is 11. The number of methoxy groups -OCH3 is 2. The minimum atomic E-state index is -4.03. The van der Waals surface area contributed by atoms with E-state index in [-0.39, 0.29) is 17.3 Å². The monoisotopic (exact) mass is 489 g/mol. The Bertz CT molecular complexity index is 1020. The van der Waals surface area contributed by atoms with Crippen LogP contribution in [0.25, 0.3) is 0 Å². The first-order valence-corrected chi connectivity index (χ1v) is 13.2. The molecule has 9 heteroatoms. The quantitative estimate of drug-likeness (QED) is 0.488. The van der Waals surface area contributed by atoms with Crippen LogP contribution in [0.15, 0.2) is 53.4 Å². The summed E-state index contributed by atoms with van der Waals surface area (Å²) in [5.74, 6) is 0.553. The van der Waals surface area contributed by atoms with E-state index in [1.54, 1.807) is 36.4 Å². The predicted octanol–water partition coefficient (Wildman–Crippen LogP) is 3.28. The Morgan fingerprint density at radius 1 is 0.971 bits per heavy atom. The Balaban J connectivity index is 1.71. The van der Waals surface area contributed by atoms with E-state index in [0.717, 1.165) is 30.4 Å². The van der Waals surface area contributed by atoms with Crippen LogP contribution in [0.2, 0.25) is 0 Å². The molecule has 1 aliphatic rings. The van der Waals surface area contributed by atoms with Crippen LogP contribution in [-0.2, 0) is 14.8 Å². The predicted molar refractivity (Wildman–Crippen MR) is 133 cm³/mol. The molecule has 0 unspecified atom stereocenters. The number of sulfonamides is 1. The van der Waals surface area contributed by atoms with Crippen molar-refractivity contribution in [1.29, 1.82) is 0 Å². The molecule has 1 aliphatic heterocycles. The number of ether oxygens (including phenoxy) is 2. The van der Waals surface area contributed by atoms with Crippen molar-refractivity contribution in [3.63, 3.8) is 0 Å². The fraction of sp³-hybridized carbons (Fsp3) is 0.480. The summed E-state index contributed by atoms with van der Waals surface area (Å²) in [4.78, 5) is 15.3. The largest absolute Gasteiger partial charge is 0.497 e. The maximum Gasteiger partial charge on any atom is 0.264 e. The lowest BCUT2D eigenvalue weighted by atomic mass is 10.2. The number of carbonyl (C=O) groups is 1. The van der Waals surface area contributed by atoms with Gasteiger partial charge in [-0.1, -0.05) is 25.0 Å². The van der Waals surface area contributed by atoms with E-state index >= 15 is 0 Å². The molecule has 0 radical (unpaired) electrons. The maximum atomic E-state index is 13.5. The molecule has 0 saturated carbocycles. The highest BCUT2D eigenvalue weighted by Gasteiger charge is 2.29. The summed E-state index contributed by atoms with van der Waals surface area (Å²) in [6.07, 6.45) is 5.85. The second-order valence-electron chi connectivity index (χ2n) is 8.32. The molecule has 0 atom stereocenters. The lowest BCUT2D eigenvalue weighted by Gasteiger charge is -2.26. The van der Waals surface area contributed by atoms with Crippen LogP contribution in [0.3, 0.4) is 0 Å². The average Bonchev–Trinajstić information content (AvgIpc) is 3.14. The average molecular weight is 490 g/mol. The van der Waals surface area contributed by atoms with Crippen molar-refractivity contribution in [2.75, 3.05) is 51.2 Å². The molecule has 2 aromatic rings. The van der Waals surface area contributed by atoms with Crippen LogP contribution in [0, 0.1) is 0 Å². The van der Waals surface area contributed by atoms with Crippen LogP contribution in [-0.4, -0.2) is 66.2 Å². The number of likely N-dealkylation sites (tertiary alicyclic amines) is 1. The van der Waals surface area contributed by atoms with Gasteiger partial charge >= 0.3 is 0 Å². The van der Waals surface area contributed by atoms with Gasteiger partial charge in [0.05, 0.1) is 24.8 Å². The van der Waals surface area contributed by atoms with Gasteiger partial charge in [-0.25, -0.2) is 8.42 Å². The molecule has 0 bridgehead atoms. The van der Waals surface area contributed by atoms with Crippen LogP contribution < -0.4 is 19.1 Å². The molecule has 1 heterocycles. The van der Waals surface area contributed by atoms with Crippen molar-refractivity contribution in [3.05, 3.63) is 48.5 Å². The fourth-order valence-electron chi connectivity index (χ4n) is 4.09. The van der Waals surface area contributed by atoms with E-state index < -0.39 is 10.0 Å². The molecule has 1 N–H and O–H groups in total. The van der Waals surface area contributed by atoms with E-state index in [1.807, 2.05) is 0 Å². The number of benzene rings is 2. The van der Waals surface area contributed by atoms with Gasteiger partial charge in [-0.15, -0.1) is 0 Å². The highest BCUT2D eigenvalue weighted by Crippen LogP contribution is 2.32. The van der Waals surface area contributed by atoms with Crippen LogP contribution in [0.1, 0.15) is 32.1 Å². The smallest absolute Gasteiger partial charge is 0.264 e. The van der Waals surface area contributed by atoms with Crippen molar-refractivity contribution in [1.82, 2.24) is 10.2 Å². The van der Waals surface area contributed by atoms with Gasteiger partial charge in [-0.2, -0.15) is 0 Å². The number of hydrogen-bond donors (Lipinski definition) is 1. The van der Waals surface area contributed by atoms with E-state index in [0.29, 0.717) is 23.7 Å². The van der Waals surface area contributed by atoms with Crippen molar-refractivity contribution in [2.45, 2.75) is 37.0 Å². The van der Waals surface area contributed by atoms with Gasteiger partial charge in [-0.3, -0.25) is 9.10 Å². The van der Waals surface area contributed by atoms with Crippen LogP contribution in [0.4, 0.5) is 5.69 Å². The number of amides is 1. The summed E-state index contributed by atoms with van der Waals surface area (Å²) < 4.78 is 38.7. The minimum absolute atomic E-state index is 0.0631. The summed E-state index contributed by atoms with van der Waals surface area (Å²) in [6, 6.07) is 12.9. The first-order valence-electron chi connectivity index (χ1n) is 11.7. The first kappa shape index (κ1) is 25.8. The van der Waals surface area contributed by atoms with Gasteiger partial charge in [-0.05, 0) is 75.3 Å². The zero-order chi connectivity index (χ0) is 24.4. The Kier molecular flexibility index (Phi) is 9.59. The lowest BCUT2D eigenvalue weighted by molar-refractivity contribution is -0.119. The number of carbonyl (C=O) groups excluding carboxylic acids is 1. The Morgan fingerprint density at radius 3 is 2.29 bits per heavy atom. The Morgan fingerprint density at radius 2 is 1.65 bits per heavy atom. The highest BCUT2D eigenvalue weighted by molar-refractivity contribution is 7.92. The third-order valence-corrected chi connectivity index (χ3v) is 7.73. The van der Waals surface area contributed by atoms with E-state index in [4.69, 9.17) is 9.47 Å². The summed E-state index contributed by atoms with van der Waals surface area (Å²) in [5.41, 5.74) is 0.306. The zero-order valence-electron chi connectivity index (χ0n) is 20.0. The van der Waals surface area contributed by atoms with Gasteiger partial charge in [0.2, 0.25) is 5.91 Å². The standard InChI is InChI=1S/C25H35N3O5S/c1-32-21-12-14-22(15-13-21)34(30,31)28(23-10-5-6-11-24(23)33-2)20-25(29)26-16-9-19-27-17-7-3-4-8-18-27/h5-6,10-15H,3-4,7-9,16-20H2,1-2H3,(H,26,29). The number of para-hydroxylation sites is 2. The Labute approximate surface area is 202 Å². The van der Waals surface area contributed by atoms with E-state index in [1.165, 1.54) is 52.0 Å². The SMILES string of the molecule is COc1ccc(S(=O)(=O)N(CC(=O)NCCCN2CCCCCC2)c2ccccc2OC)cc1. The molecule has 34 heavy (non-hydrogen) atoms. The van der Waals surface area contributed by atoms with Gasteiger partial charge in [0, 0.05) is 6.54 Å². The zero-order valence-corrected chi connectivity index (χ0v) is 20.9. The van der Waals surface area contributed by atoms with Gasteiger partial charge in [0.25, 0.3) is 10.0 Å². The first-order chi connectivity index (χ1) is 16.5. The molecule has 186 valence electrons. The molecule has 8 nitrogen and oxygen atoms in total.